The Kier molecular flexibility index (Phi) is 8.69. The van der Waals surface area contributed by atoms with E-state index in [2.05, 4.69) is 24.3 Å². The third-order valence-electron chi connectivity index (χ3n) is 1.98. The summed E-state index contributed by atoms with van der Waals surface area (Å²) in [6.07, 6.45) is 0. The Bertz CT molecular complexity index is 396. The standard InChI is InChI=1S/2C6H4Cl.2ClH.Sn/c2*7-6-4-2-1-3-5-6;;;/h2*2-5H;2*1H;. The first-order valence-corrected chi connectivity index (χ1v) is 8.13. The van der Waals surface area contributed by atoms with Gasteiger partial charge in [-0.1, -0.05) is 0 Å². The van der Waals surface area contributed by atoms with E-state index in [4.69, 9.17) is 23.2 Å². The summed E-state index contributed by atoms with van der Waals surface area (Å²) in [5, 5.41) is 1.60. The van der Waals surface area contributed by atoms with E-state index < -0.39 is 21.1 Å². The molecule has 90 valence electrons. The van der Waals surface area contributed by atoms with E-state index in [1.165, 1.54) is 7.16 Å². The Hall–Kier alpha value is 0.399. The molecule has 0 aromatic heterocycles. The van der Waals surface area contributed by atoms with E-state index in [1.54, 1.807) is 0 Å². The minimum absolute atomic E-state index is 0. The van der Waals surface area contributed by atoms with Crippen molar-refractivity contribution in [2.75, 3.05) is 0 Å². The van der Waals surface area contributed by atoms with Crippen LogP contribution in [0.25, 0.3) is 0 Å². The summed E-state index contributed by atoms with van der Waals surface area (Å²) in [5.74, 6) is 0. The summed E-state index contributed by atoms with van der Waals surface area (Å²) in [5.41, 5.74) is 0. The van der Waals surface area contributed by atoms with Gasteiger partial charge in [0.2, 0.25) is 0 Å². The molecule has 0 aliphatic heterocycles. The van der Waals surface area contributed by atoms with Gasteiger partial charge in [-0.3, -0.25) is 0 Å². The van der Waals surface area contributed by atoms with E-state index in [0.29, 0.717) is 0 Å². The third kappa shape index (κ3) is 5.71. The number of hydrogen-bond acceptors (Lipinski definition) is 0. The molecule has 0 bridgehead atoms. The van der Waals surface area contributed by atoms with Crippen molar-refractivity contribution >= 4 is 76.3 Å². The van der Waals surface area contributed by atoms with Gasteiger partial charge in [-0.05, 0) is 0 Å². The van der Waals surface area contributed by atoms with E-state index in [-0.39, 0.29) is 24.8 Å². The average molecular weight is 415 g/mol. The first-order valence-electron chi connectivity index (χ1n) is 4.52. The van der Waals surface area contributed by atoms with E-state index in [1.807, 2.05) is 24.3 Å². The molecule has 2 aromatic rings. The second-order valence-corrected chi connectivity index (χ2v) is 8.02. The van der Waals surface area contributed by atoms with Gasteiger partial charge < -0.3 is 0 Å². The van der Waals surface area contributed by atoms with Crippen molar-refractivity contribution in [3.63, 3.8) is 0 Å². The van der Waals surface area contributed by atoms with Crippen molar-refractivity contribution < 1.29 is 0 Å². The van der Waals surface area contributed by atoms with Crippen molar-refractivity contribution in [3.8, 4) is 0 Å². The fraction of sp³-hybridized carbons (Fsp3) is 0. The van der Waals surface area contributed by atoms with Crippen molar-refractivity contribution in [1.82, 2.24) is 0 Å². The Morgan fingerprint density at radius 3 is 1.18 bits per heavy atom. The van der Waals surface area contributed by atoms with Crippen LogP contribution in [0.3, 0.4) is 0 Å². The molecule has 0 atom stereocenters. The fourth-order valence-electron chi connectivity index (χ4n) is 1.23. The molecule has 0 saturated heterocycles. The zero-order chi connectivity index (χ0) is 10.7. The van der Waals surface area contributed by atoms with Crippen LogP contribution < -0.4 is 7.16 Å². The molecule has 2 radical (unpaired) electrons. The number of benzene rings is 2. The molecule has 0 aliphatic carbocycles. The fourth-order valence-corrected chi connectivity index (χ4v) is 4.34. The van der Waals surface area contributed by atoms with Gasteiger partial charge in [0.1, 0.15) is 0 Å². The van der Waals surface area contributed by atoms with Crippen molar-refractivity contribution in [1.29, 1.82) is 0 Å². The molecule has 0 spiro atoms. The predicted molar refractivity (Wildman–Crippen MR) is 82.4 cm³/mol. The molecule has 2 rings (SSSR count). The van der Waals surface area contributed by atoms with E-state index in [9.17, 15) is 0 Å². The molecule has 0 fully saturated rings. The SMILES string of the molecule is Cl.Cl.Clc1cc[c]([Sn][c]2ccc(Cl)cc2)cc1. The number of hydrogen-bond donors (Lipinski definition) is 0. The molecule has 0 heterocycles. The Morgan fingerprint density at radius 1 is 0.588 bits per heavy atom. The second-order valence-electron chi connectivity index (χ2n) is 3.14. The Balaban J connectivity index is 0.00000128. The van der Waals surface area contributed by atoms with Gasteiger partial charge in [-0.2, -0.15) is 0 Å². The molecule has 0 aliphatic rings. The quantitative estimate of drug-likeness (QED) is 0.660. The molecule has 0 unspecified atom stereocenters. The van der Waals surface area contributed by atoms with Crippen molar-refractivity contribution in [2.45, 2.75) is 0 Å². The maximum absolute atomic E-state index is 5.84. The van der Waals surface area contributed by atoms with E-state index >= 15 is 0 Å². The summed E-state index contributed by atoms with van der Waals surface area (Å²) in [4.78, 5) is 0. The molecule has 2 aromatic carbocycles. The van der Waals surface area contributed by atoms with Crippen LogP contribution in [0.2, 0.25) is 10.0 Å². The van der Waals surface area contributed by atoms with Crippen LogP contribution >= 0.6 is 48.0 Å². The first-order chi connectivity index (χ1) is 7.24. The zero-order valence-corrected chi connectivity index (χ0v) is 14.7. The van der Waals surface area contributed by atoms with Gasteiger partial charge in [0.15, 0.2) is 0 Å². The summed E-state index contributed by atoms with van der Waals surface area (Å²) in [6, 6.07) is 16.3. The van der Waals surface area contributed by atoms with Gasteiger partial charge in [0.25, 0.3) is 0 Å². The molecule has 0 N–H and O–H groups in total. The molecule has 0 saturated carbocycles. The van der Waals surface area contributed by atoms with Crippen LogP contribution in [0.1, 0.15) is 0 Å². The van der Waals surface area contributed by atoms with Gasteiger partial charge in [0, 0.05) is 0 Å². The van der Waals surface area contributed by atoms with Crippen molar-refractivity contribution in [3.05, 3.63) is 58.6 Å². The molecular weight excluding hydrogens is 405 g/mol. The van der Waals surface area contributed by atoms with Crippen LogP contribution in [0.5, 0.6) is 0 Å². The topological polar surface area (TPSA) is 0 Å². The number of halogens is 4. The van der Waals surface area contributed by atoms with E-state index in [0.717, 1.165) is 10.0 Å². The van der Waals surface area contributed by atoms with Crippen LogP contribution in [-0.2, 0) is 0 Å². The predicted octanol–water partition coefficient (Wildman–Crippen LogP) is 3.49. The Labute approximate surface area is 134 Å². The summed E-state index contributed by atoms with van der Waals surface area (Å²) in [6.45, 7) is 0. The Morgan fingerprint density at radius 2 is 0.882 bits per heavy atom. The van der Waals surface area contributed by atoms with Crippen LogP contribution in [-0.4, -0.2) is 21.1 Å². The maximum atomic E-state index is 5.84. The normalized spacial score (nSPS) is 9.06. The third-order valence-corrected chi connectivity index (χ3v) is 6.03. The molecule has 17 heavy (non-hydrogen) atoms. The van der Waals surface area contributed by atoms with Gasteiger partial charge >= 0.3 is 110 Å². The number of rotatable bonds is 2. The summed E-state index contributed by atoms with van der Waals surface area (Å²) in [7, 11) is 0. The van der Waals surface area contributed by atoms with Gasteiger partial charge in [-0.15, -0.1) is 24.8 Å². The van der Waals surface area contributed by atoms with Crippen LogP contribution in [0, 0.1) is 0 Å². The zero-order valence-electron chi connectivity index (χ0n) is 8.69. The molecule has 0 amide bonds. The molecular formula is C12H10Cl4Sn. The van der Waals surface area contributed by atoms with Crippen LogP contribution in [0.4, 0.5) is 0 Å². The van der Waals surface area contributed by atoms with Gasteiger partial charge in [0.05, 0.1) is 0 Å². The monoisotopic (exact) mass is 414 g/mol. The second kappa shape index (κ2) is 8.49. The summed E-state index contributed by atoms with van der Waals surface area (Å²) >= 11 is 11.0. The minimum atomic E-state index is -0.673. The average Bonchev–Trinajstić information content (AvgIpc) is 2.25. The molecule has 5 heteroatoms. The van der Waals surface area contributed by atoms with Gasteiger partial charge in [-0.25, -0.2) is 0 Å². The molecule has 0 nitrogen and oxygen atoms in total. The van der Waals surface area contributed by atoms with Crippen molar-refractivity contribution in [2.24, 2.45) is 0 Å². The van der Waals surface area contributed by atoms with Crippen LogP contribution in [0.15, 0.2) is 48.5 Å². The first kappa shape index (κ1) is 17.4. The summed E-state index contributed by atoms with van der Waals surface area (Å²) < 4.78 is 2.84.